The normalized spacial score (nSPS) is 31.7. The number of aliphatic carboxylic acids is 1. The minimum atomic E-state index is -2.52. The Kier molecular flexibility index (Phi) is 33.1. The first-order valence-electron chi connectivity index (χ1n) is 21.7. The van der Waals surface area contributed by atoms with Crippen LogP contribution in [0, 0.1) is 5.92 Å². The lowest BCUT2D eigenvalue weighted by molar-refractivity contribution is -0.240. The first-order valence-corrected chi connectivity index (χ1v) is 21.7. The second-order valence-electron chi connectivity index (χ2n) is 15.3. The summed E-state index contributed by atoms with van der Waals surface area (Å²) in [5, 5.41) is 103. The van der Waals surface area contributed by atoms with Crippen LogP contribution in [0.4, 0.5) is 0 Å². The number of aliphatic hydroxyl groups excluding tert-OH is 7. The van der Waals surface area contributed by atoms with Gasteiger partial charge >= 0.3 is 11.9 Å². The average molecular weight is 884 g/mol. The maximum Gasteiger partial charge on any atom is 0.306 e. The van der Waals surface area contributed by atoms with E-state index < -0.39 is 104 Å². The summed E-state index contributed by atoms with van der Waals surface area (Å²) < 4.78 is 16.8. The quantitative estimate of drug-likeness (QED) is 0.129. The van der Waals surface area contributed by atoms with Crippen LogP contribution in [0.15, 0.2) is 85.1 Å². The molecule has 356 valence electrons. The van der Waals surface area contributed by atoms with Crippen molar-refractivity contribution in [2.24, 2.45) is 11.7 Å². The number of allylic oxidation sites excluding steroid dienone is 12. The molecule has 1 heterocycles. The van der Waals surface area contributed by atoms with Crippen LogP contribution >= 0.6 is 0 Å². The van der Waals surface area contributed by atoms with E-state index in [1.807, 2.05) is 50.3 Å². The number of carboxylic acids is 1. The Morgan fingerprint density at radius 3 is 1.90 bits per heavy atom. The van der Waals surface area contributed by atoms with Gasteiger partial charge in [-0.25, -0.2) is 0 Å². The van der Waals surface area contributed by atoms with Gasteiger partial charge in [0.15, 0.2) is 12.1 Å². The number of hydrogen-bond acceptors (Lipinski definition) is 15. The summed E-state index contributed by atoms with van der Waals surface area (Å²) >= 11 is 0. The molecule has 12 N–H and O–H groups in total. The van der Waals surface area contributed by atoms with E-state index in [0.29, 0.717) is 12.8 Å². The largest absolute Gasteiger partial charge is 0.481 e. The zero-order valence-electron chi connectivity index (χ0n) is 36.9. The molecule has 0 saturated heterocycles. The first-order chi connectivity index (χ1) is 29.4. The molecule has 1 rings (SSSR count). The molecule has 0 aromatic carbocycles. The number of rotatable bonds is 7. The number of aliphatic hydroxyl groups is 9. The predicted octanol–water partition coefficient (Wildman–Crippen LogP) is 3.49. The van der Waals surface area contributed by atoms with E-state index in [-0.39, 0.29) is 58.0 Å². The minimum absolute atomic E-state index is 0.0178. The van der Waals surface area contributed by atoms with Gasteiger partial charge < -0.3 is 71.0 Å². The topological polar surface area (TPSA) is 290 Å². The van der Waals surface area contributed by atoms with Gasteiger partial charge in [-0.2, -0.15) is 0 Å². The van der Waals surface area contributed by atoms with Crippen molar-refractivity contribution in [1.29, 1.82) is 0 Å². The van der Waals surface area contributed by atoms with Crippen LogP contribution in [0.2, 0.25) is 0 Å². The van der Waals surface area contributed by atoms with Crippen molar-refractivity contribution in [3.05, 3.63) is 85.1 Å². The van der Waals surface area contributed by atoms with E-state index in [9.17, 15) is 60.7 Å². The summed E-state index contributed by atoms with van der Waals surface area (Å²) in [6.45, 7) is 7.43. The highest BCUT2D eigenvalue weighted by Crippen LogP contribution is 2.26. The van der Waals surface area contributed by atoms with Gasteiger partial charge in [-0.1, -0.05) is 98.9 Å². The van der Waals surface area contributed by atoms with Gasteiger partial charge in [0.2, 0.25) is 0 Å². The molecule has 0 aromatic rings. The lowest BCUT2D eigenvalue weighted by atomic mass is 9.90. The highest BCUT2D eigenvalue weighted by Gasteiger charge is 2.33. The van der Waals surface area contributed by atoms with Gasteiger partial charge in [-0.15, -0.1) is 0 Å². The Morgan fingerprint density at radius 1 is 0.758 bits per heavy atom. The molecule has 3 unspecified atom stereocenters. The molecule has 10 atom stereocenters. The number of carboxylic acid groups (broad SMARTS) is 1. The number of ether oxygens (including phenoxy) is 3. The molecule has 0 fully saturated rings. The Bertz CT molecular complexity index is 1390. The third kappa shape index (κ3) is 30.6. The highest BCUT2D eigenvalue weighted by atomic mass is 16.7. The molecule has 0 aromatic heterocycles. The van der Waals surface area contributed by atoms with Gasteiger partial charge in [-0.3, -0.25) is 9.59 Å². The van der Waals surface area contributed by atoms with Crippen LogP contribution in [0.3, 0.4) is 0 Å². The minimum Gasteiger partial charge on any atom is -0.481 e. The fourth-order valence-corrected chi connectivity index (χ4v) is 5.99. The van der Waals surface area contributed by atoms with Crippen molar-refractivity contribution >= 4 is 11.9 Å². The number of esters is 1. The molecule has 0 spiro atoms. The maximum absolute atomic E-state index is 12.2. The lowest BCUT2D eigenvalue weighted by Crippen LogP contribution is -2.47. The number of cyclic esters (lactones) is 1. The van der Waals surface area contributed by atoms with Crippen molar-refractivity contribution in [1.82, 2.24) is 0 Å². The third-order valence-corrected chi connectivity index (χ3v) is 9.43. The molecule has 1 aliphatic rings. The van der Waals surface area contributed by atoms with Gasteiger partial charge in [0.05, 0.1) is 55.3 Å². The summed E-state index contributed by atoms with van der Waals surface area (Å²) in [5.41, 5.74) is 5.49. The maximum atomic E-state index is 12.2. The summed E-state index contributed by atoms with van der Waals surface area (Å²) in [6, 6.07) is 0. The SMILES string of the molecule is CC.CC(C)OC(O[C@H]1/C=C/C=C/C=C/C=C/C=C/C=C/C=C/C[C@@H](O)CCOC(=O)CCC[C@H](O)CC[C@@H](O)[C@H](O)C[C@H](O)CC(O)(O)CC[C@@H](C(=O)O)CC1)C(O)C(N)O. The van der Waals surface area contributed by atoms with Crippen molar-refractivity contribution in [3.8, 4) is 0 Å². The van der Waals surface area contributed by atoms with Crippen LogP contribution in [0.5, 0.6) is 0 Å². The van der Waals surface area contributed by atoms with E-state index in [4.69, 9.17) is 19.9 Å². The molecule has 0 aliphatic carbocycles. The van der Waals surface area contributed by atoms with Crippen molar-refractivity contribution < 1.29 is 74.9 Å². The Labute approximate surface area is 367 Å². The van der Waals surface area contributed by atoms with Crippen LogP contribution in [0.1, 0.15) is 111 Å². The molecule has 16 heteroatoms. The number of hydrogen-bond donors (Lipinski definition) is 11. The number of nitrogens with two attached hydrogens (primary N) is 1. The van der Waals surface area contributed by atoms with E-state index in [0.717, 1.165) is 0 Å². The van der Waals surface area contributed by atoms with Gasteiger partial charge in [0, 0.05) is 32.1 Å². The monoisotopic (exact) mass is 884 g/mol. The van der Waals surface area contributed by atoms with Crippen LogP contribution < -0.4 is 5.73 Å². The molecule has 1 aliphatic heterocycles. The Balaban J connectivity index is 0.0000183. The Morgan fingerprint density at radius 2 is 1.34 bits per heavy atom. The molecule has 0 saturated carbocycles. The molecule has 0 bridgehead atoms. The second kappa shape index (κ2) is 35.0. The first kappa shape index (κ1) is 58.6. The summed E-state index contributed by atoms with van der Waals surface area (Å²) in [7, 11) is 0. The summed E-state index contributed by atoms with van der Waals surface area (Å²) in [5.74, 6) is -5.30. The zero-order valence-corrected chi connectivity index (χ0v) is 36.9. The molecule has 0 amide bonds. The highest BCUT2D eigenvalue weighted by molar-refractivity contribution is 5.70. The summed E-state index contributed by atoms with van der Waals surface area (Å²) in [4.78, 5) is 24.3. The van der Waals surface area contributed by atoms with E-state index in [1.165, 1.54) is 0 Å². The smallest absolute Gasteiger partial charge is 0.306 e. The average Bonchev–Trinajstić information content (AvgIpc) is 3.20. The number of carbonyl (C=O) groups is 2. The second-order valence-corrected chi connectivity index (χ2v) is 15.3. The van der Waals surface area contributed by atoms with E-state index >= 15 is 0 Å². The standard InChI is InChI=1S/C44H71NO15.C2H6/c1-31(2)59-43(40(52)41(45)53)60-36-19-15-13-11-9-7-5-3-4-6-8-10-12-14-17-34(47)26-28-58-39(51)20-16-18-33(46)22-24-37(49)38(50)29-35(48)30-44(56,57)27-25-32(21-23-36)42(54)55;1-2/h3-15,19,31-38,40-41,43,46-50,52-53,56-57H,16-18,20-30,45H2,1-2H3,(H,54,55);1-2H3/b5-3+,6-4+,9-7+,10-8+,13-11+,14-12+,19-15+;/t32-,33-,34+,35-,36-,37+,38+,40?,41?,43?;/m0./s1. The fourth-order valence-electron chi connectivity index (χ4n) is 5.99. The molecule has 0 radical (unpaired) electrons. The van der Waals surface area contributed by atoms with Crippen LogP contribution in [0.25, 0.3) is 0 Å². The summed E-state index contributed by atoms with van der Waals surface area (Å²) in [6.07, 6.45) is 12.5. The van der Waals surface area contributed by atoms with Crippen LogP contribution in [-0.2, 0) is 23.8 Å². The fraction of sp³-hybridized carbons (Fsp3) is 0.652. The van der Waals surface area contributed by atoms with Crippen molar-refractivity contribution in [2.45, 2.75) is 178 Å². The van der Waals surface area contributed by atoms with E-state index in [2.05, 4.69) is 0 Å². The third-order valence-electron chi connectivity index (χ3n) is 9.43. The predicted molar refractivity (Wildman–Crippen MR) is 236 cm³/mol. The lowest BCUT2D eigenvalue weighted by Gasteiger charge is -2.30. The van der Waals surface area contributed by atoms with Crippen molar-refractivity contribution in [2.75, 3.05) is 6.61 Å². The molecule has 62 heavy (non-hydrogen) atoms. The molecular formula is C46H77NO15. The molecule has 16 nitrogen and oxygen atoms in total. The Hall–Kier alpha value is -3.36. The number of carbonyl (C=O) groups excluding carboxylic acids is 1. The van der Waals surface area contributed by atoms with Crippen molar-refractivity contribution in [3.63, 3.8) is 0 Å². The molecular weight excluding hydrogens is 806 g/mol. The van der Waals surface area contributed by atoms with Crippen LogP contribution in [-0.4, -0.2) is 137 Å². The van der Waals surface area contributed by atoms with Gasteiger partial charge in [-0.05, 0) is 65.2 Å². The zero-order chi connectivity index (χ0) is 46.9. The van der Waals surface area contributed by atoms with E-state index in [1.54, 1.807) is 62.5 Å². The van der Waals surface area contributed by atoms with Gasteiger partial charge in [0.25, 0.3) is 0 Å². The van der Waals surface area contributed by atoms with Gasteiger partial charge in [0.1, 0.15) is 12.3 Å².